The van der Waals surface area contributed by atoms with Crippen molar-refractivity contribution in [2.75, 3.05) is 11.2 Å². The van der Waals surface area contributed by atoms with Crippen LogP contribution in [-0.2, 0) is 0 Å². The lowest BCUT2D eigenvalue weighted by Gasteiger charge is -2.37. The van der Waals surface area contributed by atoms with Crippen molar-refractivity contribution in [1.29, 1.82) is 0 Å². The normalized spacial score (nSPS) is 19.0. The third kappa shape index (κ3) is 3.10. The Bertz CT molecular complexity index is 394. The molecular formula is C12H15BrClFN2. The molecular weight excluding hydrogens is 307 g/mol. The van der Waals surface area contributed by atoms with Gasteiger partial charge in [0.15, 0.2) is 11.6 Å². The molecule has 1 aromatic rings. The van der Waals surface area contributed by atoms with Gasteiger partial charge in [0.05, 0.1) is 5.54 Å². The predicted octanol–water partition coefficient (Wildman–Crippen LogP) is 4.34. The minimum absolute atomic E-state index is 0.193. The fraction of sp³-hybridized carbons (Fsp3) is 0.583. The van der Waals surface area contributed by atoms with Gasteiger partial charge in [0.25, 0.3) is 0 Å². The Labute approximate surface area is 114 Å². The average Bonchev–Trinajstić information content (AvgIpc) is 2.34. The minimum atomic E-state index is -0.338. The number of nitrogens with one attached hydrogen (secondary N) is 1. The number of hydrogen-bond acceptors (Lipinski definition) is 2. The van der Waals surface area contributed by atoms with Gasteiger partial charge in [-0.2, -0.15) is 0 Å². The summed E-state index contributed by atoms with van der Waals surface area (Å²) in [5.41, 5.74) is -0.193. The van der Waals surface area contributed by atoms with Gasteiger partial charge in [-0.25, -0.2) is 9.37 Å². The quantitative estimate of drug-likeness (QED) is 0.838. The number of pyridine rings is 1. The van der Waals surface area contributed by atoms with Gasteiger partial charge in [-0.15, -0.1) is 11.6 Å². The van der Waals surface area contributed by atoms with Gasteiger partial charge >= 0.3 is 0 Å². The number of nitrogens with zero attached hydrogens (tertiary/aromatic N) is 1. The summed E-state index contributed by atoms with van der Waals surface area (Å²) in [6.45, 7) is 0. The molecule has 1 aliphatic carbocycles. The molecule has 17 heavy (non-hydrogen) atoms. The van der Waals surface area contributed by atoms with E-state index in [4.69, 9.17) is 11.6 Å². The van der Waals surface area contributed by atoms with E-state index in [0.29, 0.717) is 16.2 Å². The molecule has 1 N–H and O–H groups in total. The van der Waals surface area contributed by atoms with E-state index in [1.807, 2.05) is 0 Å². The van der Waals surface area contributed by atoms with Gasteiger partial charge in [-0.3, -0.25) is 0 Å². The molecule has 0 amide bonds. The highest BCUT2D eigenvalue weighted by molar-refractivity contribution is 9.10. The van der Waals surface area contributed by atoms with Crippen molar-refractivity contribution in [3.8, 4) is 0 Å². The Balaban J connectivity index is 2.17. The van der Waals surface area contributed by atoms with Crippen LogP contribution in [0.3, 0.4) is 0 Å². The highest BCUT2D eigenvalue weighted by atomic mass is 79.9. The van der Waals surface area contributed by atoms with Crippen LogP contribution in [0, 0.1) is 5.82 Å². The van der Waals surface area contributed by atoms with Crippen LogP contribution in [0.5, 0.6) is 0 Å². The lowest BCUT2D eigenvalue weighted by molar-refractivity contribution is 0.351. The first-order valence-corrected chi connectivity index (χ1v) is 7.13. The summed E-state index contributed by atoms with van der Waals surface area (Å²) in [4.78, 5) is 4.07. The van der Waals surface area contributed by atoms with Gasteiger partial charge in [0, 0.05) is 16.5 Å². The van der Waals surface area contributed by atoms with Crippen LogP contribution < -0.4 is 5.32 Å². The molecule has 0 atom stereocenters. The fourth-order valence-electron chi connectivity index (χ4n) is 2.28. The molecule has 5 heteroatoms. The molecule has 94 valence electrons. The van der Waals surface area contributed by atoms with E-state index in [1.54, 1.807) is 6.20 Å². The molecule has 1 saturated carbocycles. The van der Waals surface area contributed by atoms with Crippen LogP contribution in [0.4, 0.5) is 10.2 Å². The van der Waals surface area contributed by atoms with Crippen LogP contribution in [0.25, 0.3) is 0 Å². The molecule has 0 aliphatic heterocycles. The Morgan fingerprint density at radius 2 is 2.12 bits per heavy atom. The monoisotopic (exact) mass is 320 g/mol. The average molecular weight is 322 g/mol. The molecule has 1 aromatic heterocycles. The van der Waals surface area contributed by atoms with Gasteiger partial charge in [-0.05, 0) is 34.8 Å². The second-order valence-electron chi connectivity index (χ2n) is 4.58. The molecule has 2 rings (SSSR count). The predicted molar refractivity (Wildman–Crippen MR) is 72.1 cm³/mol. The van der Waals surface area contributed by atoms with Crippen molar-refractivity contribution in [2.24, 2.45) is 0 Å². The molecule has 0 aromatic carbocycles. The fourth-order valence-corrected chi connectivity index (χ4v) is 2.92. The zero-order valence-corrected chi connectivity index (χ0v) is 11.8. The van der Waals surface area contributed by atoms with E-state index in [2.05, 4.69) is 26.2 Å². The highest BCUT2D eigenvalue weighted by Gasteiger charge is 2.32. The maximum Gasteiger partial charge on any atom is 0.166 e. The Kier molecular flexibility index (Phi) is 4.26. The molecule has 1 heterocycles. The molecule has 0 bridgehead atoms. The summed E-state index contributed by atoms with van der Waals surface area (Å²) >= 11 is 9.24. The third-order valence-corrected chi connectivity index (χ3v) is 4.20. The summed E-state index contributed by atoms with van der Waals surface area (Å²) in [5.74, 6) is 0.453. The van der Waals surface area contributed by atoms with Crippen molar-refractivity contribution in [1.82, 2.24) is 4.98 Å². The number of aromatic nitrogens is 1. The second-order valence-corrected chi connectivity index (χ2v) is 5.77. The summed E-state index contributed by atoms with van der Waals surface area (Å²) in [6, 6.07) is 1.42. The van der Waals surface area contributed by atoms with Crippen LogP contribution >= 0.6 is 27.5 Å². The van der Waals surface area contributed by atoms with Crippen LogP contribution in [0.2, 0.25) is 0 Å². The van der Waals surface area contributed by atoms with E-state index in [1.165, 1.54) is 12.5 Å². The molecule has 0 radical (unpaired) electrons. The number of anilines is 1. The zero-order valence-electron chi connectivity index (χ0n) is 9.48. The number of rotatable bonds is 3. The minimum Gasteiger partial charge on any atom is -0.361 e. The van der Waals surface area contributed by atoms with Gasteiger partial charge in [0.2, 0.25) is 0 Å². The maximum absolute atomic E-state index is 13.7. The van der Waals surface area contributed by atoms with Crippen LogP contribution in [0.1, 0.15) is 32.1 Å². The topological polar surface area (TPSA) is 24.9 Å². The van der Waals surface area contributed by atoms with Gasteiger partial charge < -0.3 is 5.32 Å². The van der Waals surface area contributed by atoms with E-state index in [9.17, 15) is 4.39 Å². The van der Waals surface area contributed by atoms with Crippen molar-refractivity contribution < 1.29 is 4.39 Å². The first-order valence-electron chi connectivity index (χ1n) is 5.80. The van der Waals surface area contributed by atoms with Crippen LogP contribution in [-0.4, -0.2) is 16.4 Å². The Hall–Kier alpha value is -0.350. The molecule has 1 fully saturated rings. The van der Waals surface area contributed by atoms with E-state index < -0.39 is 0 Å². The molecule has 1 aliphatic rings. The molecule has 0 unspecified atom stereocenters. The summed E-state index contributed by atoms with van der Waals surface area (Å²) in [5, 5.41) is 3.20. The van der Waals surface area contributed by atoms with E-state index in [0.717, 1.165) is 25.7 Å². The second kappa shape index (κ2) is 5.53. The van der Waals surface area contributed by atoms with E-state index in [-0.39, 0.29) is 11.4 Å². The van der Waals surface area contributed by atoms with E-state index >= 15 is 0 Å². The molecule has 2 nitrogen and oxygen atoms in total. The van der Waals surface area contributed by atoms with Crippen molar-refractivity contribution >= 4 is 33.3 Å². The van der Waals surface area contributed by atoms with Crippen LogP contribution in [0.15, 0.2) is 16.7 Å². The van der Waals surface area contributed by atoms with Crippen molar-refractivity contribution in [3.63, 3.8) is 0 Å². The SMILES string of the molecule is Fc1cc(Br)cnc1NC1(CCl)CCCCC1. The summed E-state index contributed by atoms with van der Waals surface area (Å²) in [7, 11) is 0. The molecule has 0 spiro atoms. The number of hydrogen-bond donors (Lipinski definition) is 1. The lowest BCUT2D eigenvalue weighted by Crippen LogP contribution is -2.42. The number of halogens is 3. The largest absolute Gasteiger partial charge is 0.361 e. The van der Waals surface area contributed by atoms with Crippen molar-refractivity contribution in [3.05, 3.63) is 22.6 Å². The highest BCUT2D eigenvalue weighted by Crippen LogP contribution is 2.33. The Morgan fingerprint density at radius 1 is 1.41 bits per heavy atom. The lowest BCUT2D eigenvalue weighted by atomic mass is 9.83. The smallest absolute Gasteiger partial charge is 0.166 e. The Morgan fingerprint density at radius 3 is 2.71 bits per heavy atom. The number of alkyl halides is 1. The maximum atomic E-state index is 13.7. The summed E-state index contributed by atoms with van der Waals surface area (Å²) < 4.78 is 14.4. The summed E-state index contributed by atoms with van der Waals surface area (Å²) in [6.07, 6.45) is 7.06. The zero-order chi connectivity index (χ0) is 12.3. The van der Waals surface area contributed by atoms with Crippen molar-refractivity contribution in [2.45, 2.75) is 37.6 Å². The third-order valence-electron chi connectivity index (χ3n) is 3.26. The standard InChI is InChI=1S/C12H15BrClFN2/c13-9-6-10(15)11(16-7-9)17-12(8-14)4-2-1-3-5-12/h6-7H,1-5,8H2,(H,16,17). The molecule has 0 saturated heterocycles. The van der Waals surface area contributed by atoms with Gasteiger partial charge in [0.1, 0.15) is 0 Å². The van der Waals surface area contributed by atoms with Gasteiger partial charge in [-0.1, -0.05) is 19.3 Å². The first kappa shape index (κ1) is 13.1. The first-order chi connectivity index (χ1) is 8.15.